The molecule has 0 aromatic heterocycles. The van der Waals surface area contributed by atoms with Gasteiger partial charge in [-0.25, -0.2) is 0 Å². The first-order valence-corrected chi connectivity index (χ1v) is 3.76. The number of hydrogen-bond donors (Lipinski definition) is 0. The second-order valence-corrected chi connectivity index (χ2v) is 2.48. The predicted molar refractivity (Wildman–Crippen MR) is 48.8 cm³/mol. The fourth-order valence-electron chi connectivity index (χ4n) is 1.12. The molecule has 0 aliphatic carbocycles. The molecule has 14 heavy (non-hydrogen) atoms. The molecule has 0 aliphatic heterocycles. The van der Waals surface area contributed by atoms with Gasteiger partial charge in [0, 0.05) is 10.4 Å². The molecule has 1 aromatic rings. The molecule has 0 saturated heterocycles. The fourth-order valence-corrected chi connectivity index (χ4v) is 1.12. The number of ether oxygens (including phenoxy) is 2. The van der Waals surface area contributed by atoms with Gasteiger partial charge < -0.3 is 14.6 Å². The molecule has 0 saturated carbocycles. The second-order valence-electron chi connectivity index (χ2n) is 2.48. The first-order valence-electron chi connectivity index (χ1n) is 3.76. The minimum atomic E-state index is 0. The van der Waals surface area contributed by atoms with Crippen molar-refractivity contribution in [1.29, 1.82) is 0 Å². The zero-order valence-corrected chi connectivity index (χ0v) is 8.66. The standard InChI is InChI=1S/C10H12O3.Li/c1-7-8(6-11)10(13-3)5-4-9(7)12-2;/h4-6,11H,1H2,2-3H3;/q;+1/p-1/b8-6+;. The normalized spacial score (nSPS) is 10.6. The Balaban J connectivity index is 0.00000169. The Hall–Kier alpha value is -1.04. The van der Waals surface area contributed by atoms with Crippen LogP contribution >= 0.6 is 0 Å². The van der Waals surface area contributed by atoms with Crippen molar-refractivity contribution in [3.05, 3.63) is 22.6 Å². The molecule has 3 nitrogen and oxygen atoms in total. The van der Waals surface area contributed by atoms with Gasteiger partial charge in [0.25, 0.3) is 0 Å². The summed E-state index contributed by atoms with van der Waals surface area (Å²) in [5, 5.41) is 11.7. The summed E-state index contributed by atoms with van der Waals surface area (Å²) in [6.45, 7) is 3.73. The number of rotatable bonds is 2. The van der Waals surface area contributed by atoms with Gasteiger partial charge in [0.1, 0.15) is 11.5 Å². The van der Waals surface area contributed by atoms with Gasteiger partial charge in [-0.3, -0.25) is 0 Å². The van der Waals surface area contributed by atoms with Crippen LogP contribution in [0.15, 0.2) is 12.1 Å². The summed E-state index contributed by atoms with van der Waals surface area (Å²) in [6, 6.07) is 3.39. The molecule has 0 amide bonds. The van der Waals surface area contributed by atoms with Crippen molar-refractivity contribution < 1.29 is 33.4 Å². The van der Waals surface area contributed by atoms with Crippen LogP contribution < -0.4 is 43.9 Å². The Kier molecular flexibility index (Phi) is 5.22. The molecular weight excluding hydrogens is 175 g/mol. The molecule has 0 heterocycles. The van der Waals surface area contributed by atoms with E-state index in [1.165, 1.54) is 14.2 Å². The summed E-state index contributed by atoms with van der Waals surface area (Å²) >= 11 is 0. The van der Waals surface area contributed by atoms with Crippen molar-refractivity contribution in [2.45, 2.75) is 0 Å². The van der Waals surface area contributed by atoms with E-state index in [0.29, 0.717) is 28.2 Å². The molecule has 1 rings (SSSR count). The third kappa shape index (κ3) is 2.25. The van der Waals surface area contributed by atoms with Gasteiger partial charge in [-0.1, -0.05) is 6.58 Å². The van der Waals surface area contributed by atoms with E-state index in [1.807, 2.05) is 0 Å². The summed E-state index contributed by atoms with van der Waals surface area (Å²) < 4.78 is 10.00. The van der Waals surface area contributed by atoms with E-state index in [4.69, 9.17) is 9.47 Å². The second kappa shape index (κ2) is 5.64. The molecule has 70 valence electrons. The first kappa shape index (κ1) is 13.0. The number of hydrogen-bond acceptors (Lipinski definition) is 3. The average molecular weight is 186 g/mol. The molecule has 0 radical (unpaired) electrons. The predicted octanol–water partition coefficient (Wildman–Crippen LogP) is -3.78. The van der Waals surface area contributed by atoms with E-state index in [1.54, 1.807) is 12.1 Å². The molecule has 0 fully saturated rings. The van der Waals surface area contributed by atoms with E-state index in [2.05, 4.69) is 6.58 Å². The van der Waals surface area contributed by atoms with E-state index in [-0.39, 0.29) is 18.9 Å². The minimum absolute atomic E-state index is 0. The van der Waals surface area contributed by atoms with Crippen LogP contribution in [0.5, 0.6) is 11.5 Å². The maximum atomic E-state index is 10.7. The Morgan fingerprint density at radius 1 is 1.21 bits per heavy atom. The zero-order chi connectivity index (χ0) is 9.84. The fraction of sp³-hybridized carbons (Fsp3) is 0.200. The summed E-state index contributed by atoms with van der Waals surface area (Å²) in [7, 11) is 3.04. The van der Waals surface area contributed by atoms with Gasteiger partial charge in [0.05, 0.1) is 14.2 Å². The van der Waals surface area contributed by atoms with Crippen molar-refractivity contribution in [2.75, 3.05) is 14.2 Å². The van der Waals surface area contributed by atoms with Crippen LogP contribution in [0.4, 0.5) is 0 Å². The van der Waals surface area contributed by atoms with E-state index < -0.39 is 0 Å². The summed E-state index contributed by atoms with van der Waals surface area (Å²) in [5.74, 6) is 1.10. The van der Waals surface area contributed by atoms with Crippen LogP contribution in [0, 0.1) is 0 Å². The Morgan fingerprint density at radius 2 is 1.71 bits per heavy atom. The molecule has 0 bridgehead atoms. The topological polar surface area (TPSA) is 41.5 Å². The van der Waals surface area contributed by atoms with E-state index in [9.17, 15) is 5.11 Å². The van der Waals surface area contributed by atoms with Gasteiger partial charge in [-0.15, -0.1) is 6.26 Å². The van der Waals surface area contributed by atoms with Crippen molar-refractivity contribution in [3.8, 4) is 11.5 Å². The van der Waals surface area contributed by atoms with E-state index in [0.717, 1.165) is 0 Å². The van der Waals surface area contributed by atoms with Gasteiger partial charge in [-0.2, -0.15) is 0 Å². The smallest absolute Gasteiger partial charge is 0.877 e. The van der Waals surface area contributed by atoms with Crippen LogP contribution in [0.25, 0.3) is 12.8 Å². The van der Waals surface area contributed by atoms with Crippen molar-refractivity contribution in [2.24, 2.45) is 0 Å². The van der Waals surface area contributed by atoms with Crippen LogP contribution in [0.2, 0.25) is 0 Å². The number of benzene rings is 1. The average Bonchev–Trinajstić information content (AvgIpc) is 2.17. The number of methoxy groups -OCH3 is 2. The molecule has 1 aromatic carbocycles. The van der Waals surface area contributed by atoms with Crippen LogP contribution in [0.3, 0.4) is 0 Å². The van der Waals surface area contributed by atoms with E-state index >= 15 is 0 Å². The minimum Gasteiger partial charge on any atom is -0.877 e. The Labute approximate surface area is 94.8 Å². The Morgan fingerprint density at radius 3 is 2.14 bits per heavy atom. The molecule has 0 spiro atoms. The molecule has 0 N–H and O–H groups in total. The van der Waals surface area contributed by atoms with Crippen molar-refractivity contribution in [1.82, 2.24) is 0 Å². The largest absolute Gasteiger partial charge is 1.00 e. The maximum Gasteiger partial charge on any atom is 1.00 e. The Bertz CT molecular complexity index is 401. The zero-order valence-electron chi connectivity index (χ0n) is 8.66. The van der Waals surface area contributed by atoms with Crippen LogP contribution in [-0.2, 0) is 0 Å². The van der Waals surface area contributed by atoms with Gasteiger partial charge in [-0.05, 0) is 12.1 Å². The van der Waals surface area contributed by atoms with Crippen molar-refractivity contribution in [3.63, 3.8) is 0 Å². The van der Waals surface area contributed by atoms with Crippen LogP contribution in [0.1, 0.15) is 0 Å². The molecule has 0 aliphatic rings. The molecule has 4 heteroatoms. The summed E-state index contributed by atoms with van der Waals surface area (Å²) in [5.41, 5.74) is 0. The van der Waals surface area contributed by atoms with Crippen molar-refractivity contribution >= 4 is 12.8 Å². The molecule has 0 unspecified atom stereocenters. The van der Waals surface area contributed by atoms with Gasteiger partial charge >= 0.3 is 18.9 Å². The third-order valence-corrected chi connectivity index (χ3v) is 1.83. The monoisotopic (exact) mass is 186 g/mol. The summed E-state index contributed by atoms with van der Waals surface area (Å²) in [6.07, 6.45) is 0.712. The SMILES string of the molecule is C=c1c(OC)ccc(OC)/c1=C/[O-].[Li+]. The maximum absolute atomic E-state index is 10.7. The first-order chi connectivity index (χ1) is 6.24. The van der Waals surface area contributed by atoms with Gasteiger partial charge in [0.15, 0.2) is 0 Å². The molecular formula is C10H11LiO3. The summed E-state index contributed by atoms with van der Waals surface area (Å²) in [4.78, 5) is 0. The van der Waals surface area contributed by atoms with Gasteiger partial charge in [0.2, 0.25) is 0 Å². The molecule has 0 atom stereocenters. The third-order valence-electron chi connectivity index (χ3n) is 1.83. The van der Waals surface area contributed by atoms with Crippen LogP contribution in [-0.4, -0.2) is 14.2 Å². The quantitative estimate of drug-likeness (QED) is 0.445.